The summed E-state index contributed by atoms with van der Waals surface area (Å²) < 4.78 is 5.50. The highest BCUT2D eigenvalue weighted by Crippen LogP contribution is 2.17. The number of para-hydroxylation sites is 1. The highest BCUT2D eigenvalue weighted by atomic mass is 16.5. The third kappa shape index (κ3) is 3.91. The zero-order chi connectivity index (χ0) is 16.1. The fraction of sp³-hybridized carbons (Fsp3) is 0.0556. The molecule has 3 aromatic rings. The summed E-state index contributed by atoms with van der Waals surface area (Å²) in [6, 6.07) is 16.8. The van der Waals surface area contributed by atoms with Crippen LogP contribution >= 0.6 is 0 Å². The molecule has 0 aliphatic rings. The van der Waals surface area contributed by atoms with Crippen LogP contribution in [0.4, 0.5) is 5.69 Å². The van der Waals surface area contributed by atoms with Gasteiger partial charge in [-0.2, -0.15) is 0 Å². The van der Waals surface area contributed by atoms with Crippen molar-refractivity contribution < 1.29 is 9.53 Å². The first kappa shape index (κ1) is 14.7. The van der Waals surface area contributed by atoms with Gasteiger partial charge in [0.2, 0.25) is 0 Å². The second-order valence-corrected chi connectivity index (χ2v) is 4.99. The van der Waals surface area contributed by atoms with E-state index < -0.39 is 0 Å². The van der Waals surface area contributed by atoms with Crippen molar-refractivity contribution in [2.24, 2.45) is 0 Å². The van der Waals surface area contributed by atoms with Crippen molar-refractivity contribution in [1.82, 2.24) is 9.97 Å². The number of benzene rings is 2. The van der Waals surface area contributed by atoms with Gasteiger partial charge in [0.25, 0.3) is 5.91 Å². The van der Waals surface area contributed by atoms with Crippen molar-refractivity contribution in [3.05, 3.63) is 78.1 Å². The fourth-order valence-electron chi connectivity index (χ4n) is 1.94. The lowest BCUT2D eigenvalue weighted by Crippen LogP contribution is -2.12. The Labute approximate surface area is 134 Å². The number of carbonyl (C=O) groups is 1. The zero-order valence-electron chi connectivity index (χ0n) is 12.6. The topological polar surface area (TPSA) is 64.1 Å². The molecule has 1 aromatic heterocycles. The van der Waals surface area contributed by atoms with Crippen LogP contribution in [0.5, 0.6) is 11.8 Å². The summed E-state index contributed by atoms with van der Waals surface area (Å²) in [5.74, 6) is 0.453. The van der Waals surface area contributed by atoms with E-state index in [2.05, 4.69) is 15.3 Å². The van der Waals surface area contributed by atoms with Crippen LogP contribution in [0.3, 0.4) is 0 Å². The first-order valence-electron chi connectivity index (χ1n) is 7.14. The molecule has 0 aliphatic carbocycles. The quantitative estimate of drug-likeness (QED) is 0.795. The van der Waals surface area contributed by atoms with Crippen LogP contribution in [0.1, 0.15) is 15.9 Å². The molecule has 0 saturated heterocycles. The number of aromatic nitrogens is 2. The van der Waals surface area contributed by atoms with Gasteiger partial charge in [-0.3, -0.25) is 4.79 Å². The summed E-state index contributed by atoms with van der Waals surface area (Å²) in [6.45, 7) is 1.97. The van der Waals surface area contributed by atoms with Crippen LogP contribution in [0.15, 0.2) is 67.0 Å². The van der Waals surface area contributed by atoms with E-state index in [1.807, 2.05) is 49.4 Å². The number of hydrogen-bond donors (Lipinski definition) is 1. The molecular formula is C18H15N3O2. The number of amides is 1. The third-order valence-corrected chi connectivity index (χ3v) is 3.15. The van der Waals surface area contributed by atoms with Crippen molar-refractivity contribution >= 4 is 11.6 Å². The van der Waals surface area contributed by atoms with E-state index in [0.29, 0.717) is 17.0 Å². The van der Waals surface area contributed by atoms with Crippen LogP contribution in [0, 0.1) is 6.92 Å². The first-order chi connectivity index (χ1) is 11.2. The second-order valence-electron chi connectivity index (χ2n) is 4.99. The fourth-order valence-corrected chi connectivity index (χ4v) is 1.94. The molecule has 1 amide bonds. The van der Waals surface area contributed by atoms with Gasteiger partial charge in [0, 0.05) is 5.56 Å². The van der Waals surface area contributed by atoms with Crippen molar-refractivity contribution in [1.29, 1.82) is 0 Å². The highest BCUT2D eigenvalue weighted by Gasteiger charge is 2.07. The van der Waals surface area contributed by atoms with E-state index in [-0.39, 0.29) is 11.9 Å². The maximum atomic E-state index is 12.1. The van der Waals surface area contributed by atoms with Gasteiger partial charge in [-0.25, -0.2) is 9.97 Å². The summed E-state index contributed by atoms with van der Waals surface area (Å²) in [4.78, 5) is 20.3. The van der Waals surface area contributed by atoms with Gasteiger partial charge < -0.3 is 10.1 Å². The SMILES string of the molecule is Cc1ccc(C(=O)Nc2cnc(Oc3ccccc3)nc2)cc1. The molecule has 5 heteroatoms. The normalized spacial score (nSPS) is 10.1. The predicted octanol–water partition coefficient (Wildman–Crippen LogP) is 3.83. The smallest absolute Gasteiger partial charge is 0.322 e. The number of ether oxygens (including phenoxy) is 1. The molecule has 0 unspecified atom stereocenters. The van der Waals surface area contributed by atoms with Gasteiger partial charge in [0.1, 0.15) is 5.75 Å². The average Bonchev–Trinajstić information content (AvgIpc) is 2.58. The van der Waals surface area contributed by atoms with Gasteiger partial charge in [-0.15, -0.1) is 0 Å². The Morgan fingerprint density at radius 2 is 1.61 bits per heavy atom. The minimum absolute atomic E-state index is 0.203. The molecule has 0 saturated carbocycles. The minimum Gasteiger partial charge on any atom is -0.424 e. The molecule has 5 nitrogen and oxygen atoms in total. The Balaban J connectivity index is 1.65. The number of carbonyl (C=O) groups excluding carboxylic acids is 1. The average molecular weight is 305 g/mol. The zero-order valence-corrected chi connectivity index (χ0v) is 12.6. The number of nitrogens with one attached hydrogen (secondary N) is 1. The number of aryl methyl sites for hydroxylation is 1. The first-order valence-corrected chi connectivity index (χ1v) is 7.14. The molecule has 0 fully saturated rings. The monoisotopic (exact) mass is 305 g/mol. The van der Waals surface area contributed by atoms with Gasteiger partial charge in [-0.1, -0.05) is 35.9 Å². The molecule has 0 spiro atoms. The van der Waals surface area contributed by atoms with Crippen LogP contribution in [0.2, 0.25) is 0 Å². The second kappa shape index (κ2) is 6.70. The van der Waals surface area contributed by atoms with Crippen LogP contribution < -0.4 is 10.1 Å². The Morgan fingerprint density at radius 1 is 0.957 bits per heavy atom. The maximum absolute atomic E-state index is 12.1. The van der Waals surface area contributed by atoms with Gasteiger partial charge in [-0.05, 0) is 31.2 Å². The summed E-state index contributed by atoms with van der Waals surface area (Å²) in [7, 11) is 0. The van der Waals surface area contributed by atoms with E-state index in [4.69, 9.17) is 4.74 Å². The van der Waals surface area contributed by atoms with Gasteiger partial charge in [0.05, 0.1) is 18.1 Å². The minimum atomic E-state index is -0.203. The van der Waals surface area contributed by atoms with Crippen molar-refractivity contribution in [2.75, 3.05) is 5.32 Å². The number of nitrogens with zero attached hydrogens (tertiary/aromatic N) is 2. The van der Waals surface area contributed by atoms with E-state index in [9.17, 15) is 4.79 Å². The molecule has 0 atom stereocenters. The van der Waals surface area contributed by atoms with E-state index >= 15 is 0 Å². The molecule has 1 heterocycles. The molecule has 23 heavy (non-hydrogen) atoms. The molecular weight excluding hydrogens is 290 g/mol. The number of hydrogen-bond acceptors (Lipinski definition) is 4. The maximum Gasteiger partial charge on any atom is 0.322 e. The lowest BCUT2D eigenvalue weighted by atomic mass is 10.1. The van der Waals surface area contributed by atoms with Gasteiger partial charge in [0.15, 0.2) is 0 Å². The largest absolute Gasteiger partial charge is 0.424 e. The lowest BCUT2D eigenvalue weighted by molar-refractivity contribution is 0.102. The molecule has 0 bridgehead atoms. The van der Waals surface area contributed by atoms with Crippen molar-refractivity contribution in [3.8, 4) is 11.8 Å². The molecule has 1 N–H and O–H groups in total. The predicted molar refractivity (Wildman–Crippen MR) is 87.7 cm³/mol. The number of anilines is 1. The van der Waals surface area contributed by atoms with Crippen molar-refractivity contribution in [3.63, 3.8) is 0 Å². The number of rotatable bonds is 4. The van der Waals surface area contributed by atoms with E-state index in [1.165, 1.54) is 12.4 Å². The summed E-state index contributed by atoms with van der Waals surface area (Å²) in [5, 5.41) is 2.75. The van der Waals surface area contributed by atoms with Crippen LogP contribution in [-0.2, 0) is 0 Å². The summed E-state index contributed by atoms with van der Waals surface area (Å²) in [6.07, 6.45) is 3.02. The molecule has 0 aliphatic heterocycles. The van der Waals surface area contributed by atoms with Gasteiger partial charge >= 0.3 is 6.01 Å². The van der Waals surface area contributed by atoms with Crippen LogP contribution in [0.25, 0.3) is 0 Å². The Kier molecular flexibility index (Phi) is 4.29. The Hall–Kier alpha value is -3.21. The van der Waals surface area contributed by atoms with Crippen LogP contribution in [-0.4, -0.2) is 15.9 Å². The highest BCUT2D eigenvalue weighted by molar-refractivity contribution is 6.04. The summed E-state index contributed by atoms with van der Waals surface area (Å²) >= 11 is 0. The third-order valence-electron chi connectivity index (χ3n) is 3.15. The Morgan fingerprint density at radius 3 is 2.26 bits per heavy atom. The molecule has 114 valence electrons. The Bertz CT molecular complexity index is 785. The molecule has 3 rings (SSSR count). The van der Waals surface area contributed by atoms with E-state index in [0.717, 1.165) is 5.56 Å². The molecule has 2 aromatic carbocycles. The molecule has 0 radical (unpaired) electrons. The van der Waals surface area contributed by atoms with E-state index in [1.54, 1.807) is 12.1 Å². The summed E-state index contributed by atoms with van der Waals surface area (Å²) in [5.41, 5.74) is 2.20. The lowest BCUT2D eigenvalue weighted by Gasteiger charge is -2.06. The standard InChI is InChI=1S/C18H15N3O2/c1-13-7-9-14(10-8-13)17(22)21-15-11-19-18(20-12-15)23-16-5-3-2-4-6-16/h2-12H,1H3,(H,21,22). The van der Waals surface area contributed by atoms with Crippen molar-refractivity contribution in [2.45, 2.75) is 6.92 Å².